The average molecular weight is 665 g/mol. The molecular formula is C33H31F3N6O2S2. The lowest BCUT2D eigenvalue weighted by Gasteiger charge is -2.22. The summed E-state index contributed by atoms with van der Waals surface area (Å²) >= 11 is 6.91. The standard InChI is InChI=1S/C33H31F3N6O2S2/c1-20(2)27-16-5-21(3)17-28(27)42-29(43)18-46-32(42)39-31(45)38-22(4)6-7-23-8-10-24(11-9-23)30-37-19-41(40-30)25-12-14-26(15-13-25)44-33(34,35)36/h5-17,19-20,22H,18H2,1-4H3,(H,38,45)/b7-6+,39-32?. The number of thioether (sulfide) groups is 1. The van der Waals surface area contributed by atoms with Gasteiger partial charge in [0.05, 0.1) is 17.1 Å². The Labute approximate surface area is 274 Å². The van der Waals surface area contributed by atoms with Crippen molar-refractivity contribution in [2.45, 2.75) is 46.0 Å². The predicted molar refractivity (Wildman–Crippen MR) is 180 cm³/mol. The summed E-state index contributed by atoms with van der Waals surface area (Å²) in [4.78, 5) is 23.5. The van der Waals surface area contributed by atoms with E-state index in [1.165, 1.54) is 47.0 Å². The van der Waals surface area contributed by atoms with Crippen molar-refractivity contribution in [3.05, 3.63) is 95.8 Å². The molecule has 1 N–H and O–H groups in total. The summed E-state index contributed by atoms with van der Waals surface area (Å²) in [5, 5.41) is 8.49. The number of thiocarbonyl (C=S) groups is 1. The number of aliphatic imine (C=N–C) groups is 1. The topological polar surface area (TPSA) is 84.6 Å². The highest BCUT2D eigenvalue weighted by Gasteiger charge is 2.32. The monoisotopic (exact) mass is 664 g/mol. The van der Waals surface area contributed by atoms with Gasteiger partial charge < -0.3 is 10.1 Å². The number of anilines is 1. The highest BCUT2D eigenvalue weighted by molar-refractivity contribution is 8.15. The van der Waals surface area contributed by atoms with Crippen molar-refractivity contribution in [3.63, 3.8) is 0 Å². The lowest BCUT2D eigenvalue weighted by Crippen LogP contribution is -2.34. The maximum atomic E-state index is 12.9. The van der Waals surface area contributed by atoms with E-state index in [9.17, 15) is 18.0 Å². The quantitative estimate of drug-likeness (QED) is 0.194. The summed E-state index contributed by atoms with van der Waals surface area (Å²) in [6.07, 6.45) is 0.656. The van der Waals surface area contributed by atoms with Crippen molar-refractivity contribution in [2.24, 2.45) is 4.99 Å². The molecule has 8 nitrogen and oxygen atoms in total. The summed E-state index contributed by atoms with van der Waals surface area (Å²) in [5.41, 5.74) is 5.25. The number of carbonyl (C=O) groups is 1. The molecule has 1 aromatic heterocycles. The number of benzene rings is 3. The number of aryl methyl sites for hydroxylation is 1. The molecule has 46 heavy (non-hydrogen) atoms. The average Bonchev–Trinajstić information content (AvgIpc) is 3.63. The fourth-order valence-corrected chi connectivity index (χ4v) is 5.90. The lowest BCUT2D eigenvalue weighted by atomic mass is 9.99. The maximum absolute atomic E-state index is 12.9. The molecule has 5 rings (SSSR count). The number of alkyl halides is 3. The number of nitrogens with zero attached hydrogens (tertiary/aromatic N) is 5. The largest absolute Gasteiger partial charge is 0.573 e. The SMILES string of the molecule is Cc1ccc(C(C)C)c(N2C(=O)CSC2=NC(=S)NC(C)/C=C/c2ccc(-c3ncn(-c4ccc(OC(F)(F)F)cc4)n3)cc2)c1. The van der Waals surface area contributed by atoms with Gasteiger partial charge in [0.1, 0.15) is 12.1 Å². The molecule has 1 saturated heterocycles. The van der Waals surface area contributed by atoms with Gasteiger partial charge in [0, 0.05) is 11.6 Å². The summed E-state index contributed by atoms with van der Waals surface area (Å²) in [6, 6.07) is 19.0. The third-order valence-corrected chi connectivity index (χ3v) is 8.07. The Morgan fingerprint density at radius 2 is 1.80 bits per heavy atom. The molecule has 1 fully saturated rings. The van der Waals surface area contributed by atoms with Crippen LogP contribution in [0.25, 0.3) is 23.2 Å². The van der Waals surface area contributed by atoms with Crippen LogP contribution >= 0.6 is 24.0 Å². The number of carbonyl (C=O) groups excluding carboxylic acids is 1. The van der Waals surface area contributed by atoms with E-state index in [2.05, 4.69) is 45.0 Å². The Balaban J connectivity index is 1.20. The van der Waals surface area contributed by atoms with Gasteiger partial charge in [-0.25, -0.2) is 9.67 Å². The number of amides is 1. The van der Waals surface area contributed by atoms with E-state index in [4.69, 9.17) is 12.2 Å². The molecule has 0 saturated carbocycles. The Kier molecular flexibility index (Phi) is 9.92. The minimum absolute atomic E-state index is 0.0222. The summed E-state index contributed by atoms with van der Waals surface area (Å²) in [6.45, 7) is 8.16. The van der Waals surface area contributed by atoms with Gasteiger partial charge in [-0.3, -0.25) is 9.69 Å². The Hall–Kier alpha value is -4.49. The molecule has 1 amide bonds. The number of hydrogen-bond acceptors (Lipinski definition) is 6. The van der Waals surface area contributed by atoms with Crippen LogP contribution in [0.15, 0.2) is 84.1 Å². The molecule has 1 aliphatic heterocycles. The molecule has 0 aliphatic carbocycles. The third kappa shape index (κ3) is 8.20. The van der Waals surface area contributed by atoms with E-state index in [0.29, 0.717) is 22.4 Å². The van der Waals surface area contributed by atoms with E-state index in [1.807, 2.05) is 62.4 Å². The van der Waals surface area contributed by atoms with E-state index in [0.717, 1.165) is 27.9 Å². The minimum atomic E-state index is -4.75. The number of nitrogens with one attached hydrogen (secondary N) is 1. The van der Waals surface area contributed by atoms with E-state index < -0.39 is 6.36 Å². The predicted octanol–water partition coefficient (Wildman–Crippen LogP) is 7.68. The fourth-order valence-electron chi connectivity index (χ4n) is 4.70. The number of halogens is 3. The smallest absolute Gasteiger partial charge is 0.406 e. The van der Waals surface area contributed by atoms with Crippen LogP contribution in [0.5, 0.6) is 5.75 Å². The second-order valence-electron chi connectivity index (χ2n) is 10.9. The maximum Gasteiger partial charge on any atom is 0.573 e. The van der Waals surface area contributed by atoms with Crippen LogP contribution in [0, 0.1) is 6.92 Å². The zero-order valence-corrected chi connectivity index (χ0v) is 27.1. The van der Waals surface area contributed by atoms with Gasteiger partial charge in [-0.15, -0.1) is 18.3 Å². The van der Waals surface area contributed by atoms with Crippen molar-refractivity contribution >= 4 is 51.9 Å². The molecule has 0 spiro atoms. The summed E-state index contributed by atoms with van der Waals surface area (Å²) < 4.78 is 42.7. The number of aromatic nitrogens is 3. The minimum Gasteiger partial charge on any atom is -0.406 e. The van der Waals surface area contributed by atoms with Crippen LogP contribution in [-0.4, -0.2) is 49.1 Å². The zero-order valence-electron chi connectivity index (χ0n) is 25.4. The number of amidine groups is 1. The first-order valence-electron chi connectivity index (χ1n) is 14.4. The molecule has 13 heteroatoms. The molecular weight excluding hydrogens is 634 g/mol. The van der Waals surface area contributed by atoms with Gasteiger partial charge in [0.25, 0.3) is 0 Å². The zero-order chi connectivity index (χ0) is 33.0. The molecule has 0 radical (unpaired) electrons. The normalized spacial score (nSPS) is 15.3. The molecule has 1 unspecified atom stereocenters. The van der Waals surface area contributed by atoms with Crippen LogP contribution in [0.1, 0.15) is 43.4 Å². The number of ether oxygens (including phenoxy) is 1. The van der Waals surface area contributed by atoms with Gasteiger partial charge in [-0.2, -0.15) is 4.99 Å². The lowest BCUT2D eigenvalue weighted by molar-refractivity contribution is -0.274. The van der Waals surface area contributed by atoms with Gasteiger partial charge in [0.15, 0.2) is 16.1 Å². The number of hydrogen-bond donors (Lipinski definition) is 1. The van der Waals surface area contributed by atoms with E-state index in [-0.39, 0.29) is 28.7 Å². The van der Waals surface area contributed by atoms with Crippen molar-refractivity contribution in [1.29, 1.82) is 0 Å². The van der Waals surface area contributed by atoms with Gasteiger partial charge >= 0.3 is 6.36 Å². The van der Waals surface area contributed by atoms with Gasteiger partial charge in [-0.1, -0.05) is 74.2 Å². The Bertz CT molecular complexity index is 1780. The summed E-state index contributed by atoms with van der Waals surface area (Å²) in [7, 11) is 0. The molecule has 238 valence electrons. The Morgan fingerprint density at radius 3 is 2.48 bits per heavy atom. The summed E-state index contributed by atoms with van der Waals surface area (Å²) in [5.74, 6) is 0.681. The van der Waals surface area contributed by atoms with Crippen LogP contribution < -0.4 is 15.0 Å². The van der Waals surface area contributed by atoms with E-state index >= 15 is 0 Å². The molecule has 3 aromatic carbocycles. The van der Waals surface area contributed by atoms with Crippen molar-refractivity contribution in [2.75, 3.05) is 10.7 Å². The van der Waals surface area contributed by atoms with Gasteiger partial charge in [0.2, 0.25) is 5.91 Å². The second-order valence-corrected chi connectivity index (χ2v) is 12.2. The second kappa shape index (κ2) is 13.9. The van der Waals surface area contributed by atoms with Crippen molar-refractivity contribution in [1.82, 2.24) is 20.1 Å². The molecule has 1 atom stereocenters. The molecule has 0 bridgehead atoms. The third-order valence-electron chi connectivity index (χ3n) is 6.94. The van der Waals surface area contributed by atoms with Crippen LogP contribution in [-0.2, 0) is 4.79 Å². The molecule has 2 heterocycles. The van der Waals surface area contributed by atoms with Crippen molar-refractivity contribution in [3.8, 4) is 22.8 Å². The first-order chi connectivity index (χ1) is 21.9. The first kappa shape index (κ1) is 32.9. The molecule has 4 aromatic rings. The number of rotatable bonds is 8. The highest BCUT2D eigenvalue weighted by atomic mass is 32.2. The van der Waals surface area contributed by atoms with Gasteiger partial charge in [-0.05, 0) is 79.0 Å². The highest BCUT2D eigenvalue weighted by Crippen LogP contribution is 2.34. The van der Waals surface area contributed by atoms with Crippen LogP contribution in [0.4, 0.5) is 18.9 Å². The van der Waals surface area contributed by atoms with Crippen LogP contribution in [0.2, 0.25) is 0 Å². The fraction of sp³-hybridized carbons (Fsp3) is 0.242. The first-order valence-corrected chi connectivity index (χ1v) is 15.8. The molecule has 1 aliphatic rings. The van der Waals surface area contributed by atoms with Crippen molar-refractivity contribution < 1.29 is 22.7 Å². The Morgan fingerprint density at radius 1 is 1.09 bits per heavy atom. The van der Waals surface area contributed by atoms with Crippen LogP contribution in [0.3, 0.4) is 0 Å². The van der Waals surface area contributed by atoms with E-state index in [1.54, 1.807) is 4.90 Å².